The molecule has 0 aromatic carbocycles. The molecule has 0 aliphatic heterocycles. The van der Waals surface area contributed by atoms with Crippen LogP contribution in [0.2, 0.25) is 5.02 Å². The maximum atomic E-state index is 5.90. The number of aromatic nitrogens is 2. The van der Waals surface area contributed by atoms with Crippen molar-refractivity contribution < 1.29 is 4.74 Å². The quantitative estimate of drug-likeness (QED) is 0.816. The number of rotatable bonds is 5. The van der Waals surface area contributed by atoms with Crippen molar-refractivity contribution in [3.05, 3.63) is 17.5 Å². The molecular formula is C9H14ClN3O. The monoisotopic (exact) mass is 215 g/mol. The van der Waals surface area contributed by atoms with E-state index in [9.17, 15) is 0 Å². The Morgan fingerprint density at radius 1 is 1.64 bits per heavy atom. The fourth-order valence-corrected chi connectivity index (χ4v) is 1.23. The van der Waals surface area contributed by atoms with Crippen LogP contribution in [0.4, 0.5) is 5.82 Å². The molecule has 1 rings (SSSR count). The molecule has 0 saturated heterocycles. The molecule has 1 unspecified atom stereocenters. The number of anilines is 1. The molecule has 0 aliphatic carbocycles. The van der Waals surface area contributed by atoms with Crippen LogP contribution in [0.3, 0.4) is 0 Å². The Kier molecular flexibility index (Phi) is 4.62. The average Bonchev–Trinajstić information content (AvgIpc) is 2.20. The molecule has 5 heteroatoms. The molecule has 0 radical (unpaired) electrons. The van der Waals surface area contributed by atoms with E-state index in [0.29, 0.717) is 17.4 Å². The molecular weight excluding hydrogens is 202 g/mol. The molecule has 0 amide bonds. The standard InChI is InChI=1S/C9H14ClN3O/c1-3-7(5-14-2)13-9-8(10)4-11-6-12-9/h4,6-7H,3,5H2,1-2H3,(H,11,12,13). The highest BCUT2D eigenvalue weighted by Gasteiger charge is 2.08. The van der Waals surface area contributed by atoms with E-state index in [1.807, 2.05) is 0 Å². The molecule has 1 aromatic heterocycles. The number of ether oxygens (including phenoxy) is 1. The Hall–Kier alpha value is -0.870. The minimum absolute atomic E-state index is 0.229. The summed E-state index contributed by atoms with van der Waals surface area (Å²) in [6.45, 7) is 2.71. The summed E-state index contributed by atoms with van der Waals surface area (Å²) in [7, 11) is 1.67. The van der Waals surface area contributed by atoms with E-state index in [1.54, 1.807) is 13.3 Å². The van der Waals surface area contributed by atoms with E-state index in [0.717, 1.165) is 6.42 Å². The highest BCUT2D eigenvalue weighted by atomic mass is 35.5. The number of nitrogens with one attached hydrogen (secondary N) is 1. The molecule has 1 N–H and O–H groups in total. The van der Waals surface area contributed by atoms with Gasteiger partial charge in [-0.05, 0) is 6.42 Å². The second-order valence-electron chi connectivity index (χ2n) is 2.92. The average molecular weight is 216 g/mol. The van der Waals surface area contributed by atoms with Gasteiger partial charge in [-0.25, -0.2) is 9.97 Å². The van der Waals surface area contributed by atoms with Gasteiger partial charge in [0.2, 0.25) is 0 Å². The smallest absolute Gasteiger partial charge is 0.148 e. The third-order valence-electron chi connectivity index (χ3n) is 1.87. The summed E-state index contributed by atoms with van der Waals surface area (Å²) in [5.41, 5.74) is 0. The van der Waals surface area contributed by atoms with Gasteiger partial charge in [0.25, 0.3) is 0 Å². The summed E-state index contributed by atoms with van der Waals surface area (Å²) >= 11 is 5.90. The second-order valence-corrected chi connectivity index (χ2v) is 3.33. The Bertz CT molecular complexity index is 283. The van der Waals surface area contributed by atoms with Crippen molar-refractivity contribution in [3.8, 4) is 0 Å². The predicted molar refractivity (Wildman–Crippen MR) is 56.6 cm³/mol. The van der Waals surface area contributed by atoms with Crippen molar-refractivity contribution in [3.63, 3.8) is 0 Å². The maximum Gasteiger partial charge on any atom is 0.148 e. The minimum Gasteiger partial charge on any atom is -0.383 e. The zero-order chi connectivity index (χ0) is 10.4. The molecule has 0 spiro atoms. The third kappa shape index (κ3) is 3.12. The van der Waals surface area contributed by atoms with E-state index in [4.69, 9.17) is 16.3 Å². The first-order valence-electron chi connectivity index (χ1n) is 4.49. The highest BCUT2D eigenvalue weighted by Crippen LogP contribution is 2.17. The van der Waals surface area contributed by atoms with Crippen LogP contribution < -0.4 is 5.32 Å². The van der Waals surface area contributed by atoms with Gasteiger partial charge in [-0.2, -0.15) is 0 Å². The van der Waals surface area contributed by atoms with E-state index >= 15 is 0 Å². The van der Waals surface area contributed by atoms with Crippen molar-refractivity contribution in [2.24, 2.45) is 0 Å². The van der Waals surface area contributed by atoms with Crippen LogP contribution in [-0.2, 0) is 4.74 Å². The lowest BCUT2D eigenvalue weighted by Gasteiger charge is -2.16. The summed E-state index contributed by atoms with van der Waals surface area (Å²) in [5, 5.41) is 3.72. The van der Waals surface area contributed by atoms with E-state index < -0.39 is 0 Å². The van der Waals surface area contributed by atoms with Crippen LogP contribution in [0.5, 0.6) is 0 Å². The second kappa shape index (κ2) is 5.78. The lowest BCUT2D eigenvalue weighted by molar-refractivity contribution is 0.184. The zero-order valence-corrected chi connectivity index (χ0v) is 9.08. The lowest BCUT2D eigenvalue weighted by Crippen LogP contribution is -2.24. The lowest BCUT2D eigenvalue weighted by atomic mass is 10.2. The zero-order valence-electron chi connectivity index (χ0n) is 8.33. The first kappa shape index (κ1) is 11.2. The van der Waals surface area contributed by atoms with E-state index in [2.05, 4.69) is 22.2 Å². The van der Waals surface area contributed by atoms with Gasteiger partial charge in [0, 0.05) is 7.11 Å². The van der Waals surface area contributed by atoms with Crippen molar-refractivity contribution in [1.82, 2.24) is 9.97 Å². The number of nitrogens with zero attached hydrogens (tertiary/aromatic N) is 2. The van der Waals surface area contributed by atoms with Gasteiger partial charge in [0.1, 0.15) is 17.2 Å². The molecule has 14 heavy (non-hydrogen) atoms. The first-order valence-corrected chi connectivity index (χ1v) is 4.86. The van der Waals surface area contributed by atoms with Crippen LogP contribution in [0.15, 0.2) is 12.5 Å². The van der Waals surface area contributed by atoms with Crippen LogP contribution in [-0.4, -0.2) is 29.7 Å². The summed E-state index contributed by atoms with van der Waals surface area (Å²) in [6.07, 6.45) is 3.98. The molecule has 0 saturated carbocycles. The Morgan fingerprint density at radius 3 is 3.00 bits per heavy atom. The van der Waals surface area contributed by atoms with Crippen LogP contribution in [0.1, 0.15) is 13.3 Å². The molecule has 1 heterocycles. The van der Waals surface area contributed by atoms with Gasteiger partial charge < -0.3 is 10.1 Å². The fourth-order valence-electron chi connectivity index (χ4n) is 1.07. The summed E-state index contributed by atoms with van der Waals surface area (Å²) < 4.78 is 5.06. The summed E-state index contributed by atoms with van der Waals surface area (Å²) in [6, 6.07) is 0.229. The first-order chi connectivity index (χ1) is 6.77. The van der Waals surface area contributed by atoms with Gasteiger partial charge in [-0.15, -0.1) is 0 Å². The predicted octanol–water partition coefficient (Wildman–Crippen LogP) is 1.97. The topological polar surface area (TPSA) is 47.0 Å². The molecule has 0 bridgehead atoms. The van der Waals surface area contributed by atoms with Crippen molar-refractivity contribution in [1.29, 1.82) is 0 Å². The number of halogens is 1. The van der Waals surface area contributed by atoms with E-state index in [1.165, 1.54) is 6.33 Å². The minimum atomic E-state index is 0.229. The summed E-state index contributed by atoms with van der Waals surface area (Å²) in [5.74, 6) is 0.658. The molecule has 0 aliphatic rings. The molecule has 1 atom stereocenters. The number of methoxy groups -OCH3 is 1. The summed E-state index contributed by atoms with van der Waals surface area (Å²) in [4.78, 5) is 7.85. The normalized spacial score (nSPS) is 12.5. The largest absolute Gasteiger partial charge is 0.383 e. The maximum absolute atomic E-state index is 5.90. The van der Waals surface area contributed by atoms with Crippen molar-refractivity contribution in [2.45, 2.75) is 19.4 Å². The molecule has 4 nitrogen and oxygen atoms in total. The number of hydrogen-bond acceptors (Lipinski definition) is 4. The Balaban J connectivity index is 2.62. The van der Waals surface area contributed by atoms with Gasteiger partial charge in [-0.3, -0.25) is 0 Å². The fraction of sp³-hybridized carbons (Fsp3) is 0.556. The van der Waals surface area contributed by atoms with Crippen LogP contribution in [0, 0.1) is 0 Å². The molecule has 1 aromatic rings. The van der Waals surface area contributed by atoms with Gasteiger partial charge in [-0.1, -0.05) is 18.5 Å². The Labute approximate surface area is 88.7 Å². The number of hydrogen-bond donors (Lipinski definition) is 1. The van der Waals surface area contributed by atoms with Gasteiger partial charge >= 0.3 is 0 Å². The highest BCUT2D eigenvalue weighted by molar-refractivity contribution is 6.32. The van der Waals surface area contributed by atoms with Crippen LogP contribution in [0.25, 0.3) is 0 Å². The van der Waals surface area contributed by atoms with Gasteiger partial charge in [0.15, 0.2) is 0 Å². The molecule has 78 valence electrons. The van der Waals surface area contributed by atoms with Crippen LogP contribution >= 0.6 is 11.6 Å². The van der Waals surface area contributed by atoms with E-state index in [-0.39, 0.29) is 6.04 Å². The Morgan fingerprint density at radius 2 is 2.43 bits per heavy atom. The van der Waals surface area contributed by atoms with Gasteiger partial charge in [0.05, 0.1) is 18.8 Å². The molecule has 0 fully saturated rings. The SMILES string of the molecule is CCC(COC)Nc1ncncc1Cl. The third-order valence-corrected chi connectivity index (χ3v) is 2.15. The van der Waals surface area contributed by atoms with Crippen molar-refractivity contribution >= 4 is 17.4 Å². The van der Waals surface area contributed by atoms with Crippen molar-refractivity contribution in [2.75, 3.05) is 19.0 Å².